The van der Waals surface area contributed by atoms with Crippen molar-refractivity contribution < 1.29 is 31.8 Å². The quantitative estimate of drug-likeness (QED) is 0.757. The zero-order chi connectivity index (χ0) is 20.4. The van der Waals surface area contributed by atoms with Crippen LogP contribution in [0.2, 0.25) is 0 Å². The number of carbonyl (C=O) groups is 2. The third-order valence-corrected chi connectivity index (χ3v) is 1.41. The lowest BCUT2D eigenvalue weighted by Crippen LogP contribution is -2.49. The topological polar surface area (TPSA) is 66.8 Å². The van der Waals surface area contributed by atoms with Gasteiger partial charge in [0.2, 0.25) is 0 Å². The van der Waals surface area contributed by atoms with E-state index in [1.165, 1.54) is 20.8 Å². The van der Waals surface area contributed by atoms with E-state index in [1.54, 1.807) is 0 Å². The molecule has 16 heavy (non-hydrogen) atoms. The Kier molecular flexibility index (Phi) is 1.46. The van der Waals surface area contributed by atoms with Gasteiger partial charge in [-0.1, -0.05) is 0 Å². The monoisotopic (exact) mass is 238 g/mol. The molecular formula is C11H19NO4. The molecule has 1 heterocycles. The van der Waals surface area contributed by atoms with Crippen LogP contribution in [-0.2, 0) is 9.53 Å². The summed E-state index contributed by atoms with van der Waals surface area (Å²) in [4.78, 5) is 23.5. The molecule has 0 radical (unpaired) electrons. The zero-order valence-corrected chi connectivity index (χ0v) is 9.12. The predicted octanol–water partition coefficient (Wildman–Crippen LogP) is 1.86. The second-order valence-corrected chi connectivity index (χ2v) is 3.96. The van der Waals surface area contributed by atoms with Gasteiger partial charge in [-0.3, -0.25) is 4.90 Å². The number of hydrogen-bond donors (Lipinski definition) is 1. The molecule has 0 saturated carbocycles. The summed E-state index contributed by atoms with van der Waals surface area (Å²) in [5, 5.41) is 9.35. The molecule has 1 unspecified atom stereocenters. The SMILES string of the molecule is [2H]C1([2H])N(C(=O)OC(C)(C)C)C([2H])(C(=O)O)C([2H])([2H])C([2H])([2H])C1([2H])[2H]. The Labute approximate surface area is 108 Å². The van der Waals surface area contributed by atoms with E-state index in [4.69, 9.17) is 17.1 Å². The van der Waals surface area contributed by atoms with Crippen molar-refractivity contribution in [2.24, 2.45) is 0 Å². The predicted molar refractivity (Wildman–Crippen MR) is 58.2 cm³/mol. The largest absolute Gasteiger partial charge is 0.480 e. The summed E-state index contributed by atoms with van der Waals surface area (Å²) in [6, 6.07) is -3.83. The highest BCUT2D eigenvalue weighted by molar-refractivity contribution is 5.80. The smallest absolute Gasteiger partial charge is 0.411 e. The maximum atomic E-state index is 12.4. The lowest BCUT2D eigenvalue weighted by molar-refractivity contribution is -0.144. The van der Waals surface area contributed by atoms with Crippen molar-refractivity contribution in [3.05, 3.63) is 0 Å². The Bertz CT molecular complexity index is 601. The maximum absolute atomic E-state index is 12.4. The molecule has 0 aliphatic carbocycles. The first-order valence-electron chi connectivity index (χ1n) is 8.96. The van der Waals surface area contributed by atoms with Crippen molar-refractivity contribution >= 4 is 12.1 Å². The van der Waals surface area contributed by atoms with Crippen molar-refractivity contribution in [2.75, 3.05) is 6.50 Å². The van der Waals surface area contributed by atoms with Gasteiger partial charge >= 0.3 is 12.1 Å². The number of hydrogen-bond acceptors (Lipinski definition) is 3. The van der Waals surface area contributed by atoms with E-state index in [2.05, 4.69) is 0 Å². The average Bonchev–Trinajstić information content (AvgIpc) is 2.33. The van der Waals surface area contributed by atoms with Crippen LogP contribution in [0.1, 0.15) is 52.2 Å². The zero-order valence-electron chi connectivity index (χ0n) is 18.1. The van der Waals surface area contributed by atoms with Gasteiger partial charge in [0.05, 0.1) is 1.37 Å². The molecule has 1 aliphatic rings. The lowest BCUT2D eigenvalue weighted by atomic mass is 10.0. The number of aliphatic carboxylic acids is 1. The van der Waals surface area contributed by atoms with Crippen LogP contribution in [0.4, 0.5) is 4.79 Å². The second kappa shape index (κ2) is 4.72. The number of carbonyl (C=O) groups excluding carboxylic acids is 1. The number of piperidine rings is 1. The number of amides is 1. The molecule has 0 bridgehead atoms. The Morgan fingerprint density at radius 1 is 1.50 bits per heavy atom. The van der Waals surface area contributed by atoms with Crippen LogP contribution >= 0.6 is 0 Å². The molecule has 1 N–H and O–H groups in total. The molecule has 1 fully saturated rings. The van der Waals surface area contributed by atoms with Crippen LogP contribution in [0, 0.1) is 0 Å². The average molecular weight is 238 g/mol. The van der Waals surface area contributed by atoms with Gasteiger partial charge in [-0.05, 0) is 39.9 Å². The van der Waals surface area contributed by atoms with Crippen LogP contribution < -0.4 is 0 Å². The van der Waals surface area contributed by atoms with Crippen molar-refractivity contribution in [3.8, 4) is 0 Å². The fourth-order valence-electron chi connectivity index (χ4n) is 0.880. The van der Waals surface area contributed by atoms with E-state index in [0.29, 0.717) is 0 Å². The van der Waals surface area contributed by atoms with E-state index < -0.39 is 54.2 Å². The first-order chi connectivity index (χ1) is 10.7. The highest BCUT2D eigenvalue weighted by Gasteiger charge is 2.34. The van der Waals surface area contributed by atoms with Gasteiger partial charge in [0.25, 0.3) is 0 Å². The molecule has 1 aliphatic heterocycles. The minimum Gasteiger partial charge on any atom is -0.480 e. The van der Waals surface area contributed by atoms with E-state index in [-0.39, 0.29) is 0 Å². The summed E-state index contributed by atoms with van der Waals surface area (Å²) in [6.45, 7) is 0.336. The highest BCUT2D eigenvalue weighted by atomic mass is 16.6. The van der Waals surface area contributed by atoms with Crippen molar-refractivity contribution in [1.29, 1.82) is 0 Å². The Hall–Kier alpha value is -1.26. The van der Waals surface area contributed by atoms with E-state index >= 15 is 0 Å². The fourth-order valence-corrected chi connectivity index (χ4v) is 0.880. The van der Waals surface area contributed by atoms with Crippen LogP contribution in [-0.4, -0.2) is 40.2 Å². The second-order valence-electron chi connectivity index (χ2n) is 3.96. The molecule has 5 nitrogen and oxygen atoms in total. The molecular weight excluding hydrogens is 210 g/mol. The molecule has 0 aromatic heterocycles. The van der Waals surface area contributed by atoms with Gasteiger partial charge in [0.15, 0.2) is 0 Å². The lowest BCUT2D eigenvalue weighted by Gasteiger charge is -2.34. The van der Waals surface area contributed by atoms with E-state index in [0.717, 1.165) is 0 Å². The van der Waals surface area contributed by atoms with Crippen molar-refractivity contribution in [2.45, 2.75) is 51.5 Å². The fraction of sp³-hybridized carbons (Fsp3) is 0.818. The summed E-state index contributed by atoms with van der Waals surface area (Å²) in [6.07, 6.45) is -13.1. The number of nitrogens with zero attached hydrogens (tertiary/aromatic N) is 1. The maximum Gasteiger partial charge on any atom is 0.411 e. The number of carboxylic acid groups (broad SMARTS) is 1. The normalized spacial score (nSPS) is 47.2. The number of ether oxygens (including phenoxy) is 1. The van der Waals surface area contributed by atoms with Crippen molar-refractivity contribution in [1.82, 2.24) is 4.90 Å². The molecule has 1 amide bonds. The van der Waals surface area contributed by atoms with Gasteiger partial charge in [-0.15, -0.1) is 0 Å². The Morgan fingerprint density at radius 3 is 2.62 bits per heavy atom. The number of rotatable bonds is 1. The molecule has 0 aromatic carbocycles. The summed E-state index contributed by atoms with van der Waals surface area (Å²) >= 11 is 0. The molecule has 0 spiro atoms. The van der Waals surface area contributed by atoms with E-state index in [9.17, 15) is 14.7 Å². The summed E-state index contributed by atoms with van der Waals surface area (Å²) in [7, 11) is 0. The van der Waals surface area contributed by atoms with Crippen molar-refractivity contribution in [3.63, 3.8) is 0 Å². The molecule has 1 saturated heterocycles. The Morgan fingerprint density at radius 2 is 2.12 bits per heavy atom. The van der Waals surface area contributed by atoms with Gasteiger partial charge < -0.3 is 9.84 Å². The minimum atomic E-state index is -3.83. The summed E-state index contributed by atoms with van der Waals surface area (Å²) in [5.41, 5.74) is -1.29. The van der Waals surface area contributed by atoms with Crippen LogP contribution in [0.5, 0.6) is 0 Å². The molecule has 1 atom stereocenters. The van der Waals surface area contributed by atoms with Gasteiger partial charge in [-0.2, -0.15) is 0 Å². The third kappa shape index (κ3) is 3.40. The molecule has 1 rings (SSSR count). The third-order valence-electron chi connectivity index (χ3n) is 1.41. The van der Waals surface area contributed by atoms with Gasteiger partial charge in [0.1, 0.15) is 11.6 Å². The molecule has 5 heteroatoms. The van der Waals surface area contributed by atoms with Crippen LogP contribution in [0.3, 0.4) is 0 Å². The summed E-state index contributed by atoms with van der Waals surface area (Å²) < 4.78 is 74.7. The summed E-state index contributed by atoms with van der Waals surface area (Å²) in [5.74, 6) is -2.37. The number of likely N-dealkylation sites (tertiary alicyclic amines) is 1. The van der Waals surface area contributed by atoms with Crippen LogP contribution in [0.15, 0.2) is 0 Å². The first kappa shape index (κ1) is 4.94. The first-order valence-corrected chi connectivity index (χ1v) is 4.46. The molecule has 0 aromatic rings. The Balaban J connectivity index is 3.81. The molecule has 92 valence electrons. The van der Waals surface area contributed by atoms with E-state index in [1.807, 2.05) is 0 Å². The highest BCUT2D eigenvalue weighted by Crippen LogP contribution is 2.20. The van der Waals surface area contributed by atoms with Gasteiger partial charge in [-0.25, -0.2) is 9.59 Å². The standard InChI is InChI=1S/C11H19NO4/c1-11(2,3)16-10(15)12-7-5-4-6-8(12)9(13)14/h8H,4-7H2,1-3H3,(H,13,14)/i4D2,5D2,6D2,7D2,8D. The van der Waals surface area contributed by atoms with Gasteiger partial charge in [0, 0.05) is 17.5 Å². The van der Waals surface area contributed by atoms with Crippen LogP contribution in [0.25, 0.3) is 0 Å². The minimum absolute atomic E-state index is 0.519. The number of carboxylic acids is 1.